The molecule has 1 N–H and O–H groups in total. The molecule has 1 fully saturated rings. The lowest BCUT2D eigenvalue weighted by Gasteiger charge is -2.23. The Labute approximate surface area is 169 Å². The van der Waals surface area contributed by atoms with Crippen molar-refractivity contribution in [2.24, 2.45) is 0 Å². The number of halogens is 3. The van der Waals surface area contributed by atoms with Crippen molar-refractivity contribution in [2.45, 2.75) is 31.5 Å². The number of benzene rings is 1. The molecule has 1 aromatic carbocycles. The highest BCUT2D eigenvalue weighted by Gasteiger charge is 2.43. The monoisotopic (exact) mass is 420 g/mol. The third-order valence-electron chi connectivity index (χ3n) is 4.86. The summed E-state index contributed by atoms with van der Waals surface area (Å²) in [6.07, 6.45) is -3.44. The summed E-state index contributed by atoms with van der Waals surface area (Å²) in [5.41, 5.74) is 0.225. The van der Waals surface area contributed by atoms with Crippen LogP contribution in [-0.2, 0) is 11.0 Å². The lowest BCUT2D eigenvalue weighted by atomic mass is 9.95. The van der Waals surface area contributed by atoms with E-state index in [1.807, 2.05) is 0 Å². The van der Waals surface area contributed by atoms with Gasteiger partial charge >= 0.3 is 6.18 Å². The Balaban J connectivity index is 1.84. The molecule has 1 amide bonds. The number of hydrogen-bond donors (Lipinski definition) is 1. The van der Waals surface area contributed by atoms with Gasteiger partial charge in [0.25, 0.3) is 0 Å². The summed E-state index contributed by atoms with van der Waals surface area (Å²) in [6, 6.07) is 6.49. The zero-order chi connectivity index (χ0) is 21.2. The maximum absolute atomic E-state index is 12.8. The van der Waals surface area contributed by atoms with Crippen LogP contribution in [-0.4, -0.2) is 39.9 Å². The molecule has 1 aromatic heterocycles. The Hall–Kier alpha value is -2.49. The minimum atomic E-state index is -4.38. The number of carbonyl (C=O) groups excluding carboxylic acids is 1. The van der Waals surface area contributed by atoms with Crippen LogP contribution in [0.15, 0.2) is 30.3 Å². The predicted octanol–water partition coefficient (Wildman–Crippen LogP) is 3.19. The number of nitrogens with one attached hydrogen (secondary N) is 1. The zero-order valence-electron chi connectivity index (χ0n) is 16.0. The molecule has 29 heavy (non-hydrogen) atoms. The normalized spacial score (nSPS) is 19.2. The van der Waals surface area contributed by atoms with Gasteiger partial charge in [-0.1, -0.05) is 27.4 Å². The third-order valence-corrected chi connectivity index (χ3v) is 5.41. The number of alkyl halides is 3. The molecule has 1 aliphatic rings. The van der Waals surface area contributed by atoms with E-state index >= 15 is 0 Å². The van der Waals surface area contributed by atoms with Gasteiger partial charge < -0.3 is 4.90 Å². The highest BCUT2D eigenvalue weighted by molar-refractivity contribution is 7.13. The smallest absolute Gasteiger partial charge is 0.344 e. The molecular formula is C20H20F3N4OP. The van der Waals surface area contributed by atoms with Gasteiger partial charge in [0, 0.05) is 31.3 Å². The Kier molecular flexibility index (Phi) is 5.92. The third kappa shape index (κ3) is 4.58. The van der Waals surface area contributed by atoms with E-state index in [0.717, 1.165) is 12.1 Å². The van der Waals surface area contributed by atoms with Gasteiger partial charge in [-0.25, -0.2) is 9.97 Å². The first-order chi connectivity index (χ1) is 13.6. The second-order valence-electron chi connectivity index (χ2n) is 6.97. The number of rotatable bonds is 3. The van der Waals surface area contributed by atoms with Crippen molar-refractivity contribution >= 4 is 15.3 Å². The summed E-state index contributed by atoms with van der Waals surface area (Å²) < 4.78 is 38.3. The molecule has 1 saturated heterocycles. The van der Waals surface area contributed by atoms with Gasteiger partial charge in [0.1, 0.15) is 5.54 Å². The topological polar surface area (TPSA) is 58.1 Å². The standard InChI is InChI=1S/C20H20F3N4OP/c1-13-12-16(14-5-7-15(8-6-14)20(21,22)23)25-17(24-13)4-3-9-19(26-29)10-11-27(2)18(19)28/h5-8,12,26H,9-11,29H2,1-2H3. The summed E-state index contributed by atoms with van der Waals surface area (Å²) in [7, 11) is 4.13. The van der Waals surface area contributed by atoms with Crippen molar-refractivity contribution in [3.8, 4) is 23.1 Å². The number of amides is 1. The summed E-state index contributed by atoms with van der Waals surface area (Å²) >= 11 is 0. The fraction of sp³-hybridized carbons (Fsp3) is 0.350. The Morgan fingerprint density at radius 3 is 2.52 bits per heavy atom. The van der Waals surface area contributed by atoms with Crippen LogP contribution in [0.25, 0.3) is 11.3 Å². The van der Waals surface area contributed by atoms with Gasteiger partial charge in [-0.15, -0.1) is 0 Å². The maximum atomic E-state index is 12.8. The van der Waals surface area contributed by atoms with Crippen molar-refractivity contribution in [1.29, 1.82) is 0 Å². The number of likely N-dealkylation sites (tertiary alicyclic amines) is 1. The number of carbonyl (C=O) groups is 1. The van der Waals surface area contributed by atoms with E-state index in [1.54, 1.807) is 24.9 Å². The average Bonchev–Trinajstić information content (AvgIpc) is 2.96. The van der Waals surface area contributed by atoms with E-state index in [2.05, 4.69) is 36.3 Å². The first-order valence-electron chi connectivity index (χ1n) is 8.90. The van der Waals surface area contributed by atoms with Crippen LogP contribution in [0.2, 0.25) is 0 Å². The largest absolute Gasteiger partial charge is 0.416 e. The molecular weight excluding hydrogens is 400 g/mol. The molecule has 152 valence electrons. The van der Waals surface area contributed by atoms with Crippen LogP contribution in [0, 0.1) is 18.8 Å². The van der Waals surface area contributed by atoms with E-state index in [-0.39, 0.29) is 11.7 Å². The summed E-state index contributed by atoms with van der Waals surface area (Å²) in [5.74, 6) is 6.10. The fourth-order valence-corrected chi connectivity index (χ4v) is 3.53. The van der Waals surface area contributed by atoms with Crippen LogP contribution >= 0.6 is 9.39 Å². The predicted molar refractivity (Wildman–Crippen MR) is 107 cm³/mol. The van der Waals surface area contributed by atoms with Gasteiger partial charge in [-0.2, -0.15) is 13.2 Å². The molecule has 9 heteroatoms. The van der Waals surface area contributed by atoms with Crippen molar-refractivity contribution < 1.29 is 18.0 Å². The van der Waals surface area contributed by atoms with Crippen molar-refractivity contribution in [1.82, 2.24) is 20.0 Å². The maximum Gasteiger partial charge on any atom is 0.416 e. The number of aromatic nitrogens is 2. The van der Waals surface area contributed by atoms with Gasteiger partial charge in [0.2, 0.25) is 11.7 Å². The molecule has 5 nitrogen and oxygen atoms in total. The Bertz CT molecular complexity index is 982. The molecule has 2 heterocycles. The fourth-order valence-electron chi connectivity index (χ4n) is 3.16. The Morgan fingerprint density at radius 1 is 1.28 bits per heavy atom. The SMILES string of the molecule is Cc1cc(-c2ccc(C(F)(F)F)cc2)nc(C#CCC2(NP)CCN(C)C2=O)n1. The second kappa shape index (κ2) is 8.10. The molecule has 0 aliphatic carbocycles. The Morgan fingerprint density at radius 2 is 1.97 bits per heavy atom. The average molecular weight is 420 g/mol. The van der Waals surface area contributed by atoms with Gasteiger partial charge in [-0.05, 0) is 37.5 Å². The van der Waals surface area contributed by atoms with Crippen LogP contribution < -0.4 is 5.09 Å². The molecule has 2 unspecified atom stereocenters. The van der Waals surface area contributed by atoms with Gasteiger partial charge in [0.05, 0.1) is 11.3 Å². The summed E-state index contributed by atoms with van der Waals surface area (Å²) in [6.45, 7) is 2.42. The number of aryl methyl sites for hydroxylation is 1. The summed E-state index contributed by atoms with van der Waals surface area (Å²) in [4.78, 5) is 22.7. The highest BCUT2D eigenvalue weighted by Crippen LogP contribution is 2.31. The zero-order valence-corrected chi connectivity index (χ0v) is 17.1. The van der Waals surface area contributed by atoms with E-state index in [9.17, 15) is 18.0 Å². The van der Waals surface area contributed by atoms with Crippen molar-refractivity contribution in [3.05, 3.63) is 47.4 Å². The number of nitrogens with zero attached hydrogens (tertiary/aromatic N) is 3. The van der Waals surface area contributed by atoms with E-state index in [0.29, 0.717) is 36.3 Å². The lowest BCUT2D eigenvalue weighted by molar-refractivity contribution is -0.137. The minimum absolute atomic E-state index is 0.0163. The molecule has 2 aromatic rings. The molecule has 0 saturated carbocycles. The van der Waals surface area contributed by atoms with Crippen molar-refractivity contribution in [2.75, 3.05) is 13.6 Å². The molecule has 1 aliphatic heterocycles. The van der Waals surface area contributed by atoms with E-state index in [4.69, 9.17) is 0 Å². The first-order valence-corrected chi connectivity index (χ1v) is 9.48. The molecule has 0 radical (unpaired) electrons. The van der Waals surface area contributed by atoms with Crippen LogP contribution in [0.3, 0.4) is 0 Å². The molecule has 0 spiro atoms. The molecule has 2 atom stereocenters. The van der Waals surface area contributed by atoms with E-state index < -0.39 is 17.3 Å². The van der Waals surface area contributed by atoms with Crippen LogP contribution in [0.5, 0.6) is 0 Å². The lowest BCUT2D eigenvalue weighted by Crippen LogP contribution is -2.46. The minimum Gasteiger partial charge on any atom is -0.344 e. The number of hydrogen-bond acceptors (Lipinski definition) is 4. The second-order valence-corrected chi connectivity index (χ2v) is 7.26. The first kappa shape index (κ1) is 21.2. The summed E-state index contributed by atoms with van der Waals surface area (Å²) in [5, 5.41) is 3.00. The quantitative estimate of drug-likeness (QED) is 0.612. The van der Waals surface area contributed by atoms with Gasteiger partial charge in [-0.3, -0.25) is 9.88 Å². The van der Waals surface area contributed by atoms with Crippen molar-refractivity contribution in [3.63, 3.8) is 0 Å². The van der Waals surface area contributed by atoms with E-state index in [1.165, 1.54) is 12.1 Å². The highest BCUT2D eigenvalue weighted by atomic mass is 31.0. The molecule has 0 bridgehead atoms. The van der Waals surface area contributed by atoms with Crippen LogP contribution in [0.1, 0.15) is 29.9 Å². The van der Waals surface area contributed by atoms with Gasteiger partial charge in [0.15, 0.2) is 0 Å². The number of likely N-dealkylation sites (N-methyl/N-ethyl adjacent to an activating group) is 1. The molecule has 3 rings (SSSR count). The van der Waals surface area contributed by atoms with Crippen LogP contribution in [0.4, 0.5) is 13.2 Å².